The maximum absolute atomic E-state index is 2.48. The van der Waals surface area contributed by atoms with Crippen molar-refractivity contribution in [3.8, 4) is 0 Å². The third-order valence-corrected chi connectivity index (χ3v) is 6.30. The van der Waals surface area contributed by atoms with Crippen LogP contribution in [0.5, 0.6) is 0 Å². The van der Waals surface area contributed by atoms with E-state index in [2.05, 4.69) is 64.4 Å². The fourth-order valence-corrected chi connectivity index (χ4v) is 4.42. The summed E-state index contributed by atoms with van der Waals surface area (Å²) in [6, 6.07) is 11.8. The maximum Gasteiger partial charge on any atom is -0.0149 e. The highest BCUT2D eigenvalue weighted by Gasteiger charge is 2.07. The number of hydrogen-bond acceptors (Lipinski definition) is 0. The van der Waals surface area contributed by atoms with Crippen molar-refractivity contribution < 1.29 is 0 Å². The number of rotatable bonds is 14. The molecule has 0 nitrogen and oxygen atoms in total. The fraction of sp³-hybridized carbons (Fsp3) is 0.607. The smallest absolute Gasteiger partial charge is 0.0149 e. The predicted octanol–water partition coefficient (Wildman–Crippen LogP) is 8.88. The summed E-state index contributed by atoms with van der Waals surface area (Å²) in [4.78, 5) is 0. The first-order chi connectivity index (χ1) is 13.7. The minimum atomic E-state index is 0.895. The largest absolute Gasteiger partial charge is 0.0654 e. The molecule has 0 saturated carbocycles. The molecule has 0 saturated heterocycles. The zero-order valence-electron chi connectivity index (χ0n) is 19.0. The summed E-state index contributed by atoms with van der Waals surface area (Å²) in [5.74, 6) is 0.895. The Labute approximate surface area is 175 Å². The van der Waals surface area contributed by atoms with E-state index < -0.39 is 0 Å². The SMILES string of the molecule is CCC[CH]CCC(C)CCCCCCc1cccc2cc(CC)c(CC)cc12. The Morgan fingerprint density at radius 2 is 1.54 bits per heavy atom. The first-order valence-electron chi connectivity index (χ1n) is 12.0. The van der Waals surface area contributed by atoms with Crippen LogP contribution >= 0.6 is 0 Å². The van der Waals surface area contributed by atoms with E-state index in [-0.39, 0.29) is 0 Å². The molecule has 0 aromatic heterocycles. The lowest BCUT2D eigenvalue weighted by molar-refractivity contribution is 0.454. The van der Waals surface area contributed by atoms with Crippen molar-refractivity contribution in [1.82, 2.24) is 0 Å². The second kappa shape index (κ2) is 13.0. The molecule has 0 spiro atoms. The van der Waals surface area contributed by atoms with Gasteiger partial charge in [-0.15, -0.1) is 0 Å². The normalized spacial score (nSPS) is 12.6. The van der Waals surface area contributed by atoms with Gasteiger partial charge in [-0.2, -0.15) is 0 Å². The standard InChI is InChI=1S/C28H43/c1-5-8-9-12-16-23(4)17-13-10-11-14-18-26-19-15-20-27-21-24(6-2)25(7-3)22-28(26)27/h9,15,19-23H,5-8,10-14,16-18H2,1-4H3. The first kappa shape index (κ1) is 23.0. The van der Waals surface area contributed by atoms with Crippen LogP contribution in [-0.2, 0) is 19.3 Å². The van der Waals surface area contributed by atoms with E-state index in [4.69, 9.17) is 0 Å². The van der Waals surface area contributed by atoms with Crippen molar-refractivity contribution in [3.63, 3.8) is 0 Å². The molecule has 155 valence electrons. The van der Waals surface area contributed by atoms with E-state index in [9.17, 15) is 0 Å². The Balaban J connectivity index is 1.75. The summed E-state index contributed by atoms with van der Waals surface area (Å²) in [7, 11) is 0. The van der Waals surface area contributed by atoms with Gasteiger partial charge in [-0.1, -0.05) is 103 Å². The molecular formula is C28H43. The van der Waals surface area contributed by atoms with E-state index in [0.717, 1.165) is 18.8 Å². The molecule has 2 aromatic carbocycles. The van der Waals surface area contributed by atoms with E-state index in [1.54, 1.807) is 5.56 Å². The quantitative estimate of drug-likeness (QED) is 0.287. The molecule has 0 heteroatoms. The van der Waals surface area contributed by atoms with Gasteiger partial charge in [0.15, 0.2) is 0 Å². The van der Waals surface area contributed by atoms with Gasteiger partial charge in [0, 0.05) is 0 Å². The fourth-order valence-electron chi connectivity index (χ4n) is 4.42. The summed E-state index contributed by atoms with van der Waals surface area (Å²) in [5, 5.41) is 2.92. The average Bonchev–Trinajstić information content (AvgIpc) is 2.72. The van der Waals surface area contributed by atoms with Crippen LogP contribution < -0.4 is 0 Å². The molecule has 0 aliphatic heterocycles. The van der Waals surface area contributed by atoms with Gasteiger partial charge in [0.2, 0.25) is 0 Å². The van der Waals surface area contributed by atoms with Crippen molar-refractivity contribution in [2.75, 3.05) is 0 Å². The molecular weight excluding hydrogens is 336 g/mol. The second-order valence-corrected chi connectivity index (χ2v) is 8.68. The van der Waals surface area contributed by atoms with Crippen molar-refractivity contribution in [2.45, 2.75) is 105 Å². The second-order valence-electron chi connectivity index (χ2n) is 8.68. The van der Waals surface area contributed by atoms with Gasteiger partial charge in [-0.3, -0.25) is 0 Å². The van der Waals surface area contributed by atoms with Gasteiger partial charge < -0.3 is 0 Å². The van der Waals surface area contributed by atoms with Crippen molar-refractivity contribution >= 4 is 10.8 Å². The van der Waals surface area contributed by atoms with E-state index in [1.807, 2.05) is 0 Å². The molecule has 1 atom stereocenters. The molecule has 1 radical (unpaired) electrons. The van der Waals surface area contributed by atoms with Gasteiger partial charge in [-0.05, 0) is 71.9 Å². The number of unbranched alkanes of at least 4 members (excludes halogenated alkanes) is 6. The Hall–Kier alpha value is -1.30. The van der Waals surface area contributed by atoms with Crippen LogP contribution in [0.1, 0.15) is 102 Å². The molecule has 2 rings (SSSR count). The molecule has 1 unspecified atom stereocenters. The van der Waals surface area contributed by atoms with Gasteiger partial charge >= 0.3 is 0 Å². The zero-order valence-corrected chi connectivity index (χ0v) is 19.0. The zero-order chi connectivity index (χ0) is 20.2. The molecule has 0 heterocycles. The molecule has 0 N–H and O–H groups in total. The summed E-state index contributed by atoms with van der Waals surface area (Å²) in [6.07, 6.45) is 18.2. The van der Waals surface area contributed by atoms with Crippen molar-refractivity contribution in [2.24, 2.45) is 5.92 Å². The molecule has 0 bridgehead atoms. The van der Waals surface area contributed by atoms with Crippen LogP contribution in [0.4, 0.5) is 0 Å². The average molecular weight is 380 g/mol. The van der Waals surface area contributed by atoms with Gasteiger partial charge in [0.1, 0.15) is 0 Å². The van der Waals surface area contributed by atoms with Gasteiger partial charge in [0.05, 0.1) is 0 Å². The molecule has 2 aromatic rings. The van der Waals surface area contributed by atoms with Crippen LogP contribution in [0.3, 0.4) is 0 Å². The van der Waals surface area contributed by atoms with Crippen LogP contribution in [-0.4, -0.2) is 0 Å². The van der Waals surface area contributed by atoms with Crippen molar-refractivity contribution in [1.29, 1.82) is 0 Å². The maximum atomic E-state index is 2.48. The molecule has 28 heavy (non-hydrogen) atoms. The molecule has 0 fully saturated rings. The Morgan fingerprint density at radius 3 is 2.29 bits per heavy atom. The predicted molar refractivity (Wildman–Crippen MR) is 127 cm³/mol. The lowest BCUT2D eigenvalue weighted by Gasteiger charge is -2.13. The Kier molecular flexibility index (Phi) is 10.7. The lowest BCUT2D eigenvalue weighted by Crippen LogP contribution is -1.96. The molecule has 0 aliphatic carbocycles. The molecule has 0 amide bonds. The van der Waals surface area contributed by atoms with Crippen LogP contribution in [0.25, 0.3) is 10.8 Å². The van der Waals surface area contributed by atoms with Crippen LogP contribution in [0, 0.1) is 12.3 Å². The lowest BCUT2D eigenvalue weighted by atomic mass is 9.93. The van der Waals surface area contributed by atoms with Gasteiger partial charge in [0.25, 0.3) is 0 Å². The topological polar surface area (TPSA) is 0 Å². The summed E-state index contributed by atoms with van der Waals surface area (Å²) >= 11 is 0. The minimum Gasteiger partial charge on any atom is -0.0654 e. The van der Waals surface area contributed by atoms with E-state index in [0.29, 0.717) is 0 Å². The monoisotopic (exact) mass is 379 g/mol. The number of hydrogen-bond donors (Lipinski definition) is 0. The summed E-state index contributed by atoms with van der Waals surface area (Å²) in [5.41, 5.74) is 4.61. The molecule has 0 aliphatic rings. The summed E-state index contributed by atoms with van der Waals surface area (Å²) in [6.45, 7) is 9.26. The van der Waals surface area contributed by atoms with Crippen LogP contribution in [0.15, 0.2) is 30.3 Å². The Bertz CT molecular complexity index is 682. The Morgan fingerprint density at radius 1 is 0.786 bits per heavy atom. The number of aryl methyl sites for hydroxylation is 3. The van der Waals surface area contributed by atoms with Crippen molar-refractivity contribution in [3.05, 3.63) is 53.4 Å². The van der Waals surface area contributed by atoms with E-state index in [1.165, 1.54) is 86.1 Å². The van der Waals surface area contributed by atoms with Crippen LogP contribution in [0.2, 0.25) is 0 Å². The number of benzene rings is 2. The van der Waals surface area contributed by atoms with E-state index >= 15 is 0 Å². The highest BCUT2D eigenvalue weighted by molar-refractivity contribution is 5.87. The summed E-state index contributed by atoms with van der Waals surface area (Å²) < 4.78 is 0. The third kappa shape index (κ3) is 7.26. The minimum absolute atomic E-state index is 0.895. The highest BCUT2D eigenvalue weighted by atomic mass is 14.1. The number of fused-ring (bicyclic) bond motifs is 1. The van der Waals surface area contributed by atoms with Gasteiger partial charge in [-0.25, -0.2) is 0 Å². The third-order valence-electron chi connectivity index (χ3n) is 6.30. The first-order valence-corrected chi connectivity index (χ1v) is 12.0. The highest BCUT2D eigenvalue weighted by Crippen LogP contribution is 2.26.